The summed E-state index contributed by atoms with van der Waals surface area (Å²) in [6.45, 7) is 0. The first kappa shape index (κ1) is 37.1. The average Bonchev–Trinajstić information content (AvgIpc) is 3.30. The molecule has 0 fully saturated rings. The van der Waals surface area contributed by atoms with Crippen LogP contribution in [0, 0.1) is 0 Å². The van der Waals surface area contributed by atoms with Gasteiger partial charge in [0.25, 0.3) is 0 Å². The molecule has 0 aliphatic heterocycles. The van der Waals surface area contributed by atoms with Gasteiger partial charge in [-0.25, -0.2) is 0 Å². The second kappa shape index (κ2) is 18.7. The zero-order valence-corrected chi connectivity index (χ0v) is 31.9. The molecule has 276 valence electrons. The van der Waals surface area contributed by atoms with E-state index in [0.29, 0.717) is 0 Å². The fourth-order valence-corrected chi connectivity index (χ4v) is 6.52. The smallest absolute Gasteiger partial charge is 0.0630 e. The molecular formula is C54H40N4. The maximum absolute atomic E-state index is 4.78. The third-order valence-corrected chi connectivity index (χ3v) is 9.52. The Labute approximate surface area is 340 Å². The van der Waals surface area contributed by atoms with Crippen LogP contribution in [0.5, 0.6) is 0 Å². The van der Waals surface area contributed by atoms with E-state index in [1.54, 1.807) is 0 Å². The molecule has 0 heterocycles. The highest BCUT2D eigenvalue weighted by Gasteiger charge is 2.17. The van der Waals surface area contributed by atoms with Gasteiger partial charge in [0.05, 0.1) is 22.7 Å². The molecule has 8 aromatic carbocycles. The molecule has 0 saturated heterocycles. The van der Waals surface area contributed by atoms with E-state index in [1.807, 2.05) is 97.7 Å². The Balaban J connectivity index is 1.23. The molecule has 0 saturated carbocycles. The highest BCUT2D eigenvalue weighted by Crippen LogP contribution is 2.39. The van der Waals surface area contributed by atoms with Crippen molar-refractivity contribution in [3.8, 4) is 0 Å². The third-order valence-electron chi connectivity index (χ3n) is 9.52. The van der Waals surface area contributed by atoms with Gasteiger partial charge in [-0.2, -0.15) is 0 Å². The molecule has 0 aliphatic carbocycles. The van der Waals surface area contributed by atoms with Crippen molar-refractivity contribution in [1.29, 1.82) is 0 Å². The standard InChI is InChI=1S/C54H40N4/c1-5-13-41(14-6-1)37-55-49-29-21-45(22-30-49)53(46-23-31-50(32-24-46)56-38-42-15-7-2-8-16-42)54(47-25-33-51(34-26-47)57-39-43-17-9-3-10-18-43)48-27-35-52(36-28-48)58-40-44-19-11-4-12-20-44/h1-40H. The highest BCUT2D eigenvalue weighted by atomic mass is 14.7. The molecule has 58 heavy (non-hydrogen) atoms. The van der Waals surface area contributed by atoms with Crippen molar-refractivity contribution in [3.05, 3.63) is 263 Å². The molecule has 0 radical (unpaired) electrons. The summed E-state index contributed by atoms with van der Waals surface area (Å²) in [5.74, 6) is 0. The Morgan fingerprint density at radius 2 is 0.414 bits per heavy atom. The van der Waals surface area contributed by atoms with Gasteiger partial charge in [-0.05, 0) is 104 Å². The molecular weight excluding hydrogens is 705 g/mol. The van der Waals surface area contributed by atoms with Crippen molar-refractivity contribution in [2.75, 3.05) is 0 Å². The van der Waals surface area contributed by atoms with E-state index in [1.165, 1.54) is 0 Å². The van der Waals surface area contributed by atoms with E-state index < -0.39 is 0 Å². The number of aliphatic imine (C=N–C) groups is 4. The Morgan fingerprint density at radius 1 is 0.224 bits per heavy atom. The Bertz CT molecular complexity index is 2300. The van der Waals surface area contributed by atoms with Gasteiger partial charge in [0.2, 0.25) is 0 Å². The van der Waals surface area contributed by atoms with Crippen molar-refractivity contribution < 1.29 is 0 Å². The SMILES string of the molecule is C(=Nc1ccc(C(=C(c2ccc(N=Cc3ccccc3)cc2)c2ccc(N=Cc3ccccc3)cc2)c2ccc(N=Cc3ccccc3)cc2)cc1)c1ccccc1. The summed E-state index contributed by atoms with van der Waals surface area (Å²) in [6, 6.07) is 74.5. The van der Waals surface area contributed by atoms with E-state index in [9.17, 15) is 0 Å². The van der Waals surface area contributed by atoms with Gasteiger partial charge in [-0.15, -0.1) is 0 Å². The van der Waals surface area contributed by atoms with E-state index in [4.69, 9.17) is 20.0 Å². The van der Waals surface area contributed by atoms with Crippen LogP contribution in [0.1, 0.15) is 44.5 Å². The van der Waals surface area contributed by atoms with Crippen LogP contribution in [-0.4, -0.2) is 24.9 Å². The molecule has 0 atom stereocenters. The minimum atomic E-state index is 0.875. The first-order chi connectivity index (χ1) is 28.7. The minimum absolute atomic E-state index is 0.875. The number of rotatable bonds is 12. The van der Waals surface area contributed by atoms with Gasteiger partial charge >= 0.3 is 0 Å². The quantitative estimate of drug-likeness (QED) is 0.0883. The molecule has 0 aliphatic rings. The lowest BCUT2D eigenvalue weighted by Crippen LogP contribution is -1.97. The van der Waals surface area contributed by atoms with Gasteiger partial charge in [0.1, 0.15) is 0 Å². The Morgan fingerprint density at radius 3 is 0.603 bits per heavy atom. The predicted molar refractivity (Wildman–Crippen MR) is 246 cm³/mol. The third kappa shape index (κ3) is 9.88. The van der Waals surface area contributed by atoms with Gasteiger partial charge in [0, 0.05) is 24.9 Å². The largest absolute Gasteiger partial charge is 0.256 e. The minimum Gasteiger partial charge on any atom is -0.256 e. The van der Waals surface area contributed by atoms with Crippen LogP contribution in [0.4, 0.5) is 22.7 Å². The lowest BCUT2D eigenvalue weighted by Gasteiger charge is -2.19. The fourth-order valence-electron chi connectivity index (χ4n) is 6.52. The van der Waals surface area contributed by atoms with Crippen molar-refractivity contribution in [2.45, 2.75) is 0 Å². The van der Waals surface area contributed by atoms with Gasteiger partial charge in [0.15, 0.2) is 0 Å². The van der Waals surface area contributed by atoms with Crippen molar-refractivity contribution >= 4 is 58.8 Å². The lowest BCUT2D eigenvalue weighted by molar-refractivity contribution is 1.45. The summed E-state index contributed by atoms with van der Waals surface area (Å²) in [7, 11) is 0. The number of benzene rings is 8. The second-order valence-corrected chi connectivity index (χ2v) is 13.6. The zero-order valence-electron chi connectivity index (χ0n) is 31.9. The highest BCUT2D eigenvalue weighted by molar-refractivity contribution is 6.05. The Hall–Kier alpha value is -7.82. The van der Waals surface area contributed by atoms with E-state index in [0.717, 1.165) is 78.4 Å². The summed E-state index contributed by atoms with van der Waals surface area (Å²) in [4.78, 5) is 19.1. The monoisotopic (exact) mass is 744 g/mol. The summed E-state index contributed by atoms with van der Waals surface area (Å²) in [5, 5.41) is 0. The molecule has 8 aromatic rings. The summed E-state index contributed by atoms with van der Waals surface area (Å²) >= 11 is 0. The molecule has 4 heteroatoms. The van der Waals surface area contributed by atoms with Crippen LogP contribution in [0.25, 0.3) is 11.1 Å². The van der Waals surface area contributed by atoms with E-state index in [-0.39, 0.29) is 0 Å². The van der Waals surface area contributed by atoms with Crippen LogP contribution < -0.4 is 0 Å². The second-order valence-electron chi connectivity index (χ2n) is 13.6. The summed E-state index contributed by atoms with van der Waals surface area (Å²) in [6.07, 6.45) is 7.59. The van der Waals surface area contributed by atoms with E-state index >= 15 is 0 Å². The van der Waals surface area contributed by atoms with Crippen LogP contribution >= 0.6 is 0 Å². The van der Waals surface area contributed by atoms with Gasteiger partial charge in [-0.1, -0.05) is 170 Å². The number of hydrogen-bond donors (Lipinski definition) is 0. The molecule has 0 N–H and O–H groups in total. The van der Waals surface area contributed by atoms with Gasteiger partial charge in [-0.3, -0.25) is 20.0 Å². The maximum Gasteiger partial charge on any atom is 0.0630 e. The van der Waals surface area contributed by atoms with Crippen LogP contribution in [-0.2, 0) is 0 Å². The molecule has 0 amide bonds. The van der Waals surface area contributed by atoms with Crippen LogP contribution in [0.3, 0.4) is 0 Å². The number of hydrogen-bond acceptors (Lipinski definition) is 4. The zero-order chi connectivity index (χ0) is 39.2. The van der Waals surface area contributed by atoms with Crippen molar-refractivity contribution in [1.82, 2.24) is 0 Å². The van der Waals surface area contributed by atoms with E-state index in [2.05, 4.69) is 146 Å². The Kier molecular flexibility index (Phi) is 12.0. The molecule has 0 unspecified atom stereocenters. The van der Waals surface area contributed by atoms with Crippen LogP contribution in [0.2, 0.25) is 0 Å². The predicted octanol–water partition coefficient (Wildman–Crippen LogP) is 13.7. The molecule has 8 rings (SSSR count). The van der Waals surface area contributed by atoms with Crippen molar-refractivity contribution in [2.24, 2.45) is 20.0 Å². The number of nitrogens with zero attached hydrogens (tertiary/aromatic N) is 4. The average molecular weight is 745 g/mol. The topological polar surface area (TPSA) is 49.4 Å². The molecule has 0 aromatic heterocycles. The lowest BCUT2D eigenvalue weighted by atomic mass is 9.85. The first-order valence-electron chi connectivity index (χ1n) is 19.3. The van der Waals surface area contributed by atoms with Crippen LogP contribution in [0.15, 0.2) is 238 Å². The van der Waals surface area contributed by atoms with Gasteiger partial charge < -0.3 is 0 Å². The normalized spacial score (nSPS) is 11.5. The summed E-state index contributed by atoms with van der Waals surface area (Å²) in [5.41, 5.74) is 14.1. The first-order valence-corrected chi connectivity index (χ1v) is 19.3. The molecule has 0 spiro atoms. The summed E-state index contributed by atoms with van der Waals surface area (Å²) < 4.78 is 0. The molecule has 4 nitrogen and oxygen atoms in total. The fraction of sp³-hybridized carbons (Fsp3) is 0. The van der Waals surface area contributed by atoms with Crippen molar-refractivity contribution in [3.63, 3.8) is 0 Å². The maximum atomic E-state index is 4.78. The molecule has 0 bridgehead atoms.